The molecule has 1 unspecified atom stereocenters. The molecule has 0 aromatic carbocycles. The fourth-order valence-corrected chi connectivity index (χ4v) is 1.18. The standard InChI is InChI=1S/C9H15N5O4/c10-3-6-4-14(13-12-6)5-8(16)11-2-1-7(15)9(17)18/h4,7,15H,1-3,5,10H2,(H,11,16)(H,17,18). The van der Waals surface area contributed by atoms with Crippen LogP contribution in [0, 0.1) is 0 Å². The molecule has 5 N–H and O–H groups in total. The first-order valence-corrected chi connectivity index (χ1v) is 5.29. The number of aromatic nitrogens is 3. The Morgan fingerprint density at radius 3 is 2.83 bits per heavy atom. The molecule has 0 aliphatic carbocycles. The molecule has 0 saturated carbocycles. The van der Waals surface area contributed by atoms with Crippen molar-refractivity contribution in [2.45, 2.75) is 25.6 Å². The molecule has 9 heteroatoms. The molecular formula is C9H15N5O4. The lowest BCUT2D eigenvalue weighted by atomic mass is 10.2. The Kier molecular flexibility index (Phi) is 5.21. The van der Waals surface area contributed by atoms with Crippen molar-refractivity contribution in [2.75, 3.05) is 6.54 Å². The highest BCUT2D eigenvalue weighted by atomic mass is 16.4. The number of hydrogen-bond donors (Lipinski definition) is 4. The Morgan fingerprint density at radius 1 is 1.56 bits per heavy atom. The Labute approximate surface area is 103 Å². The van der Waals surface area contributed by atoms with Crippen molar-refractivity contribution in [1.82, 2.24) is 20.3 Å². The van der Waals surface area contributed by atoms with E-state index in [0.717, 1.165) is 0 Å². The van der Waals surface area contributed by atoms with Crippen molar-refractivity contribution in [3.8, 4) is 0 Å². The smallest absolute Gasteiger partial charge is 0.332 e. The highest BCUT2D eigenvalue weighted by Crippen LogP contribution is 1.92. The SMILES string of the molecule is NCc1cn(CC(=O)NCCC(O)C(=O)O)nn1. The maximum absolute atomic E-state index is 11.4. The summed E-state index contributed by atoms with van der Waals surface area (Å²) in [5.74, 6) is -1.66. The van der Waals surface area contributed by atoms with Gasteiger partial charge in [-0.25, -0.2) is 9.48 Å². The van der Waals surface area contributed by atoms with Crippen molar-refractivity contribution in [3.05, 3.63) is 11.9 Å². The number of carboxylic acid groups (broad SMARTS) is 1. The van der Waals surface area contributed by atoms with Crippen LogP contribution >= 0.6 is 0 Å². The van der Waals surface area contributed by atoms with Gasteiger partial charge in [0.1, 0.15) is 6.54 Å². The van der Waals surface area contributed by atoms with Crippen molar-refractivity contribution < 1.29 is 19.8 Å². The van der Waals surface area contributed by atoms with Gasteiger partial charge in [0, 0.05) is 19.5 Å². The third-order valence-corrected chi connectivity index (χ3v) is 2.13. The summed E-state index contributed by atoms with van der Waals surface area (Å²) >= 11 is 0. The number of carboxylic acids is 1. The number of rotatable bonds is 7. The normalized spacial score (nSPS) is 12.1. The Hall–Kier alpha value is -2.00. The number of carbonyl (C=O) groups excluding carboxylic acids is 1. The van der Waals surface area contributed by atoms with Crippen molar-refractivity contribution >= 4 is 11.9 Å². The van der Waals surface area contributed by atoms with Crippen LogP contribution in [0.3, 0.4) is 0 Å². The molecule has 1 aromatic heterocycles. The van der Waals surface area contributed by atoms with Gasteiger partial charge in [-0.15, -0.1) is 5.10 Å². The first kappa shape index (κ1) is 14.1. The van der Waals surface area contributed by atoms with E-state index < -0.39 is 12.1 Å². The number of aliphatic hydroxyl groups is 1. The maximum Gasteiger partial charge on any atom is 0.332 e. The zero-order valence-electron chi connectivity index (χ0n) is 9.61. The second-order valence-corrected chi connectivity index (χ2v) is 3.60. The third-order valence-electron chi connectivity index (χ3n) is 2.13. The molecule has 1 aromatic rings. The van der Waals surface area contributed by atoms with E-state index in [1.165, 1.54) is 4.68 Å². The lowest BCUT2D eigenvalue weighted by molar-refractivity contribution is -0.147. The van der Waals surface area contributed by atoms with Crippen LogP contribution in [-0.4, -0.2) is 49.7 Å². The van der Waals surface area contributed by atoms with E-state index in [2.05, 4.69) is 15.6 Å². The van der Waals surface area contributed by atoms with Gasteiger partial charge in [0.25, 0.3) is 0 Å². The quantitative estimate of drug-likeness (QED) is 0.429. The summed E-state index contributed by atoms with van der Waals surface area (Å²) in [6, 6.07) is 0. The average Bonchev–Trinajstić information content (AvgIpc) is 2.76. The molecule has 1 amide bonds. The average molecular weight is 257 g/mol. The fraction of sp³-hybridized carbons (Fsp3) is 0.556. The van der Waals surface area contributed by atoms with Crippen LogP contribution in [0.2, 0.25) is 0 Å². The second kappa shape index (κ2) is 6.67. The molecule has 1 rings (SSSR count). The minimum absolute atomic E-state index is 0.0316. The van der Waals surface area contributed by atoms with E-state index in [4.69, 9.17) is 15.9 Å². The first-order chi connectivity index (χ1) is 8.52. The number of hydrogen-bond acceptors (Lipinski definition) is 6. The van der Waals surface area contributed by atoms with E-state index in [9.17, 15) is 9.59 Å². The molecule has 0 bridgehead atoms. The minimum Gasteiger partial charge on any atom is -0.479 e. The van der Waals surface area contributed by atoms with Crippen LogP contribution in [0.1, 0.15) is 12.1 Å². The number of nitrogens with two attached hydrogens (primary N) is 1. The molecule has 0 aliphatic rings. The van der Waals surface area contributed by atoms with Gasteiger partial charge in [-0.1, -0.05) is 5.21 Å². The number of aliphatic hydroxyl groups excluding tert-OH is 1. The molecule has 0 saturated heterocycles. The third kappa shape index (κ3) is 4.47. The van der Waals surface area contributed by atoms with E-state index in [1.54, 1.807) is 6.20 Å². The van der Waals surface area contributed by atoms with Gasteiger partial charge >= 0.3 is 5.97 Å². The summed E-state index contributed by atoms with van der Waals surface area (Å²) in [7, 11) is 0. The number of nitrogens with zero attached hydrogens (tertiary/aromatic N) is 3. The van der Waals surface area contributed by atoms with Crippen LogP contribution in [0.15, 0.2) is 6.20 Å². The largest absolute Gasteiger partial charge is 0.479 e. The van der Waals surface area contributed by atoms with Crippen molar-refractivity contribution in [1.29, 1.82) is 0 Å². The monoisotopic (exact) mass is 257 g/mol. The number of nitrogens with one attached hydrogen (secondary N) is 1. The zero-order chi connectivity index (χ0) is 13.5. The lowest BCUT2D eigenvalue weighted by Gasteiger charge is -2.07. The summed E-state index contributed by atoms with van der Waals surface area (Å²) in [6.45, 7) is 0.285. The van der Waals surface area contributed by atoms with Crippen molar-refractivity contribution in [3.63, 3.8) is 0 Å². The van der Waals surface area contributed by atoms with Gasteiger partial charge in [0.2, 0.25) is 5.91 Å². The van der Waals surface area contributed by atoms with Gasteiger partial charge in [-0.05, 0) is 0 Å². The predicted octanol–water partition coefficient (Wildman–Crippen LogP) is -2.31. The second-order valence-electron chi connectivity index (χ2n) is 3.60. The highest BCUT2D eigenvalue weighted by Gasteiger charge is 2.13. The minimum atomic E-state index is -1.47. The van der Waals surface area contributed by atoms with Gasteiger partial charge in [-0.3, -0.25) is 4.79 Å². The molecule has 0 aliphatic heterocycles. The Morgan fingerprint density at radius 2 is 2.28 bits per heavy atom. The van der Waals surface area contributed by atoms with Gasteiger partial charge in [0.05, 0.1) is 11.9 Å². The summed E-state index contributed by atoms with van der Waals surface area (Å²) < 4.78 is 1.32. The lowest BCUT2D eigenvalue weighted by Crippen LogP contribution is -2.32. The van der Waals surface area contributed by atoms with Gasteiger partial charge < -0.3 is 21.3 Å². The molecule has 18 heavy (non-hydrogen) atoms. The first-order valence-electron chi connectivity index (χ1n) is 5.29. The van der Waals surface area contributed by atoms with Gasteiger partial charge in [0.15, 0.2) is 6.10 Å². The predicted molar refractivity (Wildman–Crippen MR) is 59.2 cm³/mol. The van der Waals surface area contributed by atoms with E-state index >= 15 is 0 Å². The van der Waals surface area contributed by atoms with Crippen LogP contribution in [0.4, 0.5) is 0 Å². The van der Waals surface area contributed by atoms with Crippen molar-refractivity contribution in [2.24, 2.45) is 5.73 Å². The molecule has 1 atom stereocenters. The molecule has 0 radical (unpaired) electrons. The summed E-state index contributed by atoms with van der Waals surface area (Å²) in [5, 5.41) is 27.2. The van der Waals surface area contributed by atoms with E-state index in [0.29, 0.717) is 5.69 Å². The molecular weight excluding hydrogens is 242 g/mol. The highest BCUT2D eigenvalue weighted by molar-refractivity contribution is 5.76. The number of aliphatic carboxylic acids is 1. The summed E-state index contributed by atoms with van der Waals surface area (Å²) in [6.07, 6.45) is 0.0264. The summed E-state index contributed by atoms with van der Waals surface area (Å²) in [5.41, 5.74) is 5.91. The Balaban J connectivity index is 2.27. The molecule has 0 spiro atoms. The summed E-state index contributed by atoms with van der Waals surface area (Å²) in [4.78, 5) is 21.7. The molecule has 9 nitrogen and oxygen atoms in total. The van der Waals surface area contributed by atoms with E-state index in [1.807, 2.05) is 0 Å². The zero-order valence-corrected chi connectivity index (χ0v) is 9.61. The maximum atomic E-state index is 11.4. The van der Waals surface area contributed by atoms with Crippen LogP contribution < -0.4 is 11.1 Å². The number of carbonyl (C=O) groups is 2. The van der Waals surface area contributed by atoms with Crippen LogP contribution in [0.25, 0.3) is 0 Å². The number of amides is 1. The van der Waals surface area contributed by atoms with Gasteiger partial charge in [-0.2, -0.15) is 0 Å². The molecule has 100 valence electrons. The topological polar surface area (TPSA) is 143 Å². The van der Waals surface area contributed by atoms with Crippen LogP contribution in [-0.2, 0) is 22.7 Å². The molecule has 1 heterocycles. The van der Waals surface area contributed by atoms with E-state index in [-0.39, 0.29) is 32.0 Å². The van der Waals surface area contributed by atoms with Crippen LogP contribution in [0.5, 0.6) is 0 Å². The fourth-order valence-electron chi connectivity index (χ4n) is 1.18. The Bertz CT molecular complexity index is 419. The molecule has 0 fully saturated rings.